The molecule has 0 radical (unpaired) electrons. The van der Waals surface area contributed by atoms with Gasteiger partial charge >= 0.3 is 6.18 Å². The van der Waals surface area contributed by atoms with Crippen LogP contribution in [-0.4, -0.2) is 41.0 Å². The van der Waals surface area contributed by atoms with Crippen LogP contribution < -0.4 is 10.6 Å². The van der Waals surface area contributed by atoms with Gasteiger partial charge in [-0.2, -0.15) is 13.2 Å². The van der Waals surface area contributed by atoms with E-state index >= 15 is 0 Å². The summed E-state index contributed by atoms with van der Waals surface area (Å²) in [6.45, 7) is 1.35. The zero-order chi connectivity index (χ0) is 23.5. The molecular formula is C21H19ClF3N3O3S. The maximum atomic E-state index is 13.1. The summed E-state index contributed by atoms with van der Waals surface area (Å²) in [5.74, 6) is -1.59. The first-order chi connectivity index (χ1) is 15.1. The van der Waals surface area contributed by atoms with Crippen molar-refractivity contribution in [2.24, 2.45) is 0 Å². The first-order valence-electron chi connectivity index (χ1n) is 9.59. The first-order valence-corrected chi connectivity index (χ1v) is 10.8. The Balaban J connectivity index is 1.64. The maximum Gasteiger partial charge on any atom is 0.418 e. The van der Waals surface area contributed by atoms with Gasteiger partial charge in [0.2, 0.25) is 17.7 Å². The second-order valence-corrected chi connectivity index (χ2v) is 8.62. The number of anilines is 2. The molecule has 3 rings (SSSR count). The monoisotopic (exact) mass is 485 g/mol. The Kier molecular flexibility index (Phi) is 7.35. The minimum atomic E-state index is -4.63. The molecule has 2 aromatic rings. The molecule has 2 N–H and O–H groups in total. The summed E-state index contributed by atoms with van der Waals surface area (Å²) < 4.78 is 39.4. The van der Waals surface area contributed by atoms with Crippen LogP contribution in [0.5, 0.6) is 0 Å². The fourth-order valence-corrected chi connectivity index (χ4v) is 4.38. The minimum absolute atomic E-state index is 0.151. The van der Waals surface area contributed by atoms with E-state index in [1.165, 1.54) is 28.8 Å². The quantitative estimate of drug-likeness (QED) is 0.624. The molecule has 1 atom stereocenters. The number of nitrogens with zero attached hydrogens (tertiary/aromatic N) is 1. The lowest BCUT2D eigenvalue weighted by atomic mass is 10.1. The van der Waals surface area contributed by atoms with Gasteiger partial charge in [0, 0.05) is 22.9 Å². The van der Waals surface area contributed by atoms with Gasteiger partial charge in [-0.05, 0) is 37.3 Å². The Morgan fingerprint density at radius 2 is 1.94 bits per heavy atom. The fraction of sp³-hybridized carbons (Fsp3) is 0.286. The zero-order valence-corrected chi connectivity index (χ0v) is 18.4. The lowest BCUT2D eigenvalue weighted by Gasteiger charge is -2.26. The highest BCUT2D eigenvalue weighted by molar-refractivity contribution is 8.01. The molecule has 11 heteroatoms. The lowest BCUT2D eigenvalue weighted by molar-refractivity contribution is -0.137. The van der Waals surface area contributed by atoms with Gasteiger partial charge in [0.15, 0.2) is 0 Å². The number of carbonyl (C=O) groups is 3. The average Bonchev–Trinajstić information content (AvgIpc) is 2.72. The largest absolute Gasteiger partial charge is 0.418 e. The van der Waals surface area contributed by atoms with Gasteiger partial charge < -0.3 is 15.5 Å². The van der Waals surface area contributed by atoms with Gasteiger partial charge in [0.05, 0.1) is 28.7 Å². The number of likely N-dealkylation sites (N-methyl/N-ethyl adjacent to an activating group) is 1. The number of hydrogen-bond acceptors (Lipinski definition) is 4. The summed E-state index contributed by atoms with van der Waals surface area (Å²) in [6.07, 6.45) is -4.80. The van der Waals surface area contributed by atoms with Crippen LogP contribution in [0.15, 0.2) is 47.4 Å². The minimum Gasteiger partial charge on any atom is -0.334 e. The topological polar surface area (TPSA) is 78.5 Å². The van der Waals surface area contributed by atoms with Crippen molar-refractivity contribution in [3.05, 3.63) is 53.1 Å². The van der Waals surface area contributed by atoms with E-state index in [0.717, 1.165) is 17.0 Å². The Labute approximate surface area is 191 Å². The lowest BCUT2D eigenvalue weighted by Crippen LogP contribution is -2.41. The number of para-hydroxylation sites is 1. The molecule has 1 heterocycles. The molecule has 3 amide bonds. The molecule has 0 spiro atoms. The van der Waals surface area contributed by atoms with E-state index in [2.05, 4.69) is 10.6 Å². The third-order valence-electron chi connectivity index (χ3n) is 4.70. The summed E-state index contributed by atoms with van der Waals surface area (Å²) in [6, 6.07) is 9.62. The number of fused-ring (bicyclic) bond motifs is 1. The second kappa shape index (κ2) is 9.83. The highest BCUT2D eigenvalue weighted by Crippen LogP contribution is 2.38. The molecule has 2 aromatic carbocycles. The fourth-order valence-electron chi connectivity index (χ4n) is 3.12. The molecule has 1 aliphatic rings. The summed E-state index contributed by atoms with van der Waals surface area (Å²) in [7, 11) is 0. The smallest absolute Gasteiger partial charge is 0.334 e. The maximum absolute atomic E-state index is 13.1. The number of amides is 3. The van der Waals surface area contributed by atoms with E-state index in [-0.39, 0.29) is 24.6 Å². The number of benzene rings is 2. The molecule has 6 nitrogen and oxygen atoms in total. The van der Waals surface area contributed by atoms with Crippen LogP contribution in [0, 0.1) is 0 Å². The van der Waals surface area contributed by atoms with Crippen molar-refractivity contribution < 1.29 is 27.6 Å². The van der Waals surface area contributed by atoms with Crippen molar-refractivity contribution in [2.75, 3.05) is 23.7 Å². The van der Waals surface area contributed by atoms with E-state index in [1.54, 1.807) is 25.1 Å². The Hall–Kier alpha value is -2.72. The summed E-state index contributed by atoms with van der Waals surface area (Å²) >= 11 is 7.14. The SMILES string of the molecule is CCN(CC(=O)Nc1ccccc1C(F)(F)F)C(=O)CC1Sc2ccc(Cl)cc2NC1=O. The Morgan fingerprint density at radius 3 is 2.62 bits per heavy atom. The molecule has 0 saturated heterocycles. The van der Waals surface area contributed by atoms with E-state index in [4.69, 9.17) is 11.6 Å². The normalized spacial score (nSPS) is 15.5. The molecule has 0 aromatic heterocycles. The summed E-state index contributed by atoms with van der Waals surface area (Å²) in [4.78, 5) is 39.4. The molecule has 170 valence electrons. The van der Waals surface area contributed by atoms with Crippen molar-refractivity contribution in [3.8, 4) is 0 Å². The highest BCUT2D eigenvalue weighted by Gasteiger charge is 2.34. The van der Waals surface area contributed by atoms with Crippen molar-refractivity contribution in [1.29, 1.82) is 0 Å². The second-order valence-electron chi connectivity index (χ2n) is 6.94. The Bertz CT molecular complexity index is 1050. The average molecular weight is 486 g/mol. The van der Waals surface area contributed by atoms with Gasteiger partial charge in [-0.15, -0.1) is 11.8 Å². The predicted octanol–water partition coefficient (Wildman–Crippen LogP) is 4.65. The van der Waals surface area contributed by atoms with Crippen molar-refractivity contribution in [2.45, 2.75) is 29.7 Å². The molecular weight excluding hydrogens is 467 g/mol. The van der Waals surface area contributed by atoms with Crippen LogP contribution in [0.4, 0.5) is 24.5 Å². The molecule has 1 aliphatic heterocycles. The Morgan fingerprint density at radius 1 is 1.22 bits per heavy atom. The van der Waals surface area contributed by atoms with Crippen LogP contribution >= 0.6 is 23.4 Å². The van der Waals surface area contributed by atoms with Crippen molar-refractivity contribution in [1.82, 2.24) is 4.90 Å². The van der Waals surface area contributed by atoms with Gasteiger partial charge in [-0.25, -0.2) is 0 Å². The molecule has 0 bridgehead atoms. The number of nitrogens with one attached hydrogen (secondary N) is 2. The molecule has 32 heavy (non-hydrogen) atoms. The van der Waals surface area contributed by atoms with Gasteiger partial charge in [-0.3, -0.25) is 14.4 Å². The van der Waals surface area contributed by atoms with E-state index in [1.807, 2.05) is 0 Å². The van der Waals surface area contributed by atoms with Gasteiger partial charge in [0.1, 0.15) is 0 Å². The molecule has 1 unspecified atom stereocenters. The van der Waals surface area contributed by atoms with Crippen molar-refractivity contribution in [3.63, 3.8) is 0 Å². The number of halogens is 4. The van der Waals surface area contributed by atoms with Crippen LogP contribution in [0.2, 0.25) is 5.02 Å². The van der Waals surface area contributed by atoms with E-state index in [9.17, 15) is 27.6 Å². The van der Waals surface area contributed by atoms with Crippen molar-refractivity contribution >= 4 is 52.5 Å². The summed E-state index contributed by atoms with van der Waals surface area (Å²) in [5.41, 5.74) is -0.797. The summed E-state index contributed by atoms with van der Waals surface area (Å²) in [5, 5.41) is 4.68. The molecule has 0 saturated carbocycles. The standard InChI is InChI=1S/C21H19ClF3N3O3S/c1-2-28(11-18(29)26-14-6-4-3-5-13(14)21(23,24)25)19(30)10-17-20(31)27-15-9-12(22)7-8-16(15)32-17/h3-9,17H,2,10-11H2,1H3,(H,26,29)(H,27,31). The molecule has 0 aliphatic carbocycles. The first kappa shape index (κ1) is 23.9. The number of alkyl halides is 3. The van der Waals surface area contributed by atoms with E-state index < -0.39 is 35.3 Å². The molecule has 0 fully saturated rings. The third kappa shape index (κ3) is 5.74. The van der Waals surface area contributed by atoms with Crippen LogP contribution in [0.3, 0.4) is 0 Å². The van der Waals surface area contributed by atoms with Crippen LogP contribution in [-0.2, 0) is 20.6 Å². The number of thioether (sulfide) groups is 1. The number of carbonyl (C=O) groups excluding carboxylic acids is 3. The zero-order valence-electron chi connectivity index (χ0n) is 16.8. The third-order valence-corrected chi connectivity index (χ3v) is 6.21. The van der Waals surface area contributed by atoms with E-state index in [0.29, 0.717) is 10.7 Å². The highest BCUT2D eigenvalue weighted by atomic mass is 35.5. The number of hydrogen-bond donors (Lipinski definition) is 2. The van der Waals surface area contributed by atoms with Crippen LogP contribution in [0.1, 0.15) is 18.9 Å². The van der Waals surface area contributed by atoms with Crippen LogP contribution in [0.25, 0.3) is 0 Å². The number of rotatable bonds is 6. The predicted molar refractivity (Wildman–Crippen MR) is 117 cm³/mol. The van der Waals surface area contributed by atoms with Gasteiger partial charge in [0.25, 0.3) is 0 Å². The van der Waals surface area contributed by atoms with Gasteiger partial charge in [-0.1, -0.05) is 23.7 Å².